The monoisotopic (exact) mass is 326 g/mol. The molecule has 0 aliphatic heterocycles. The number of amides is 1. The summed E-state index contributed by atoms with van der Waals surface area (Å²) in [6, 6.07) is 1.02. The molecule has 0 atom stereocenters. The first-order valence-electron chi connectivity index (χ1n) is 5.99. The lowest BCUT2D eigenvalue weighted by atomic mass is 10.4. The number of sulfone groups is 1. The van der Waals surface area contributed by atoms with E-state index in [-0.39, 0.29) is 4.88 Å². The fourth-order valence-electron chi connectivity index (χ4n) is 1.43. The van der Waals surface area contributed by atoms with Crippen LogP contribution in [0.2, 0.25) is 0 Å². The highest BCUT2D eigenvalue weighted by atomic mass is 32.2. The number of nitrogens with one attached hydrogen (secondary N) is 2. The van der Waals surface area contributed by atoms with Gasteiger partial charge in [0.05, 0.1) is 4.90 Å². The minimum atomic E-state index is -4.75. The van der Waals surface area contributed by atoms with E-state index in [1.165, 1.54) is 5.38 Å². The van der Waals surface area contributed by atoms with E-state index >= 15 is 0 Å². The molecule has 0 aromatic carbocycles. The van der Waals surface area contributed by atoms with Crippen LogP contribution in [0.1, 0.15) is 23.0 Å². The molecule has 0 fully saturated rings. The lowest BCUT2D eigenvalue weighted by Gasteiger charge is -2.07. The van der Waals surface area contributed by atoms with Gasteiger partial charge in [0.25, 0.3) is 5.91 Å². The topological polar surface area (TPSA) is 75.3 Å². The SMILES string of the molecule is CCCNCCNC(=O)c1sccc1S(=O)(=O)C(F)F. The Morgan fingerprint density at radius 2 is 2.05 bits per heavy atom. The molecular formula is C11H16F2N2O3S2. The number of carbonyl (C=O) groups is 1. The second-order valence-corrected chi connectivity index (χ2v) is 6.73. The van der Waals surface area contributed by atoms with Gasteiger partial charge in [-0.2, -0.15) is 8.78 Å². The largest absolute Gasteiger partial charge is 0.350 e. The van der Waals surface area contributed by atoms with Crippen molar-refractivity contribution in [2.24, 2.45) is 0 Å². The normalized spacial score (nSPS) is 11.8. The summed E-state index contributed by atoms with van der Waals surface area (Å²) in [6.07, 6.45) is 0.954. The molecule has 0 aliphatic carbocycles. The van der Waals surface area contributed by atoms with Gasteiger partial charge in [-0.3, -0.25) is 4.79 Å². The summed E-state index contributed by atoms with van der Waals surface area (Å²) in [4.78, 5) is 11.0. The minimum Gasteiger partial charge on any atom is -0.350 e. The Morgan fingerprint density at radius 1 is 1.35 bits per heavy atom. The molecular weight excluding hydrogens is 310 g/mol. The van der Waals surface area contributed by atoms with Crippen LogP contribution in [0.15, 0.2) is 16.3 Å². The van der Waals surface area contributed by atoms with Crippen molar-refractivity contribution in [2.45, 2.75) is 24.0 Å². The Bertz CT molecular complexity index is 544. The van der Waals surface area contributed by atoms with Crippen molar-refractivity contribution in [1.29, 1.82) is 0 Å². The lowest BCUT2D eigenvalue weighted by Crippen LogP contribution is -2.32. The maximum Gasteiger partial charge on any atom is 0.341 e. The van der Waals surface area contributed by atoms with E-state index in [4.69, 9.17) is 0 Å². The molecule has 1 heterocycles. The zero-order chi connectivity index (χ0) is 15.2. The predicted molar refractivity (Wildman–Crippen MR) is 73.0 cm³/mol. The van der Waals surface area contributed by atoms with Crippen LogP contribution in [0.25, 0.3) is 0 Å². The van der Waals surface area contributed by atoms with Crippen LogP contribution in [0.3, 0.4) is 0 Å². The van der Waals surface area contributed by atoms with Crippen molar-refractivity contribution in [1.82, 2.24) is 10.6 Å². The third-order valence-electron chi connectivity index (χ3n) is 2.39. The highest BCUT2D eigenvalue weighted by Gasteiger charge is 2.31. The summed E-state index contributed by atoms with van der Waals surface area (Å²) >= 11 is 0.825. The summed E-state index contributed by atoms with van der Waals surface area (Å²) in [5, 5.41) is 6.85. The van der Waals surface area contributed by atoms with Gasteiger partial charge in [0.15, 0.2) is 0 Å². The van der Waals surface area contributed by atoms with Crippen molar-refractivity contribution in [3.63, 3.8) is 0 Å². The molecule has 20 heavy (non-hydrogen) atoms. The average molecular weight is 326 g/mol. The number of hydrogen-bond donors (Lipinski definition) is 2. The summed E-state index contributed by atoms with van der Waals surface area (Å²) in [5.41, 5.74) is 0. The fraction of sp³-hybridized carbons (Fsp3) is 0.545. The van der Waals surface area contributed by atoms with Gasteiger partial charge in [-0.05, 0) is 24.4 Å². The predicted octanol–water partition coefficient (Wildman–Crippen LogP) is 1.47. The van der Waals surface area contributed by atoms with Crippen LogP contribution in [0.5, 0.6) is 0 Å². The molecule has 0 aliphatic rings. The first kappa shape index (κ1) is 17.0. The van der Waals surface area contributed by atoms with Gasteiger partial charge in [-0.25, -0.2) is 8.42 Å². The Morgan fingerprint density at radius 3 is 2.65 bits per heavy atom. The molecule has 1 amide bonds. The van der Waals surface area contributed by atoms with E-state index in [0.29, 0.717) is 13.1 Å². The van der Waals surface area contributed by atoms with Crippen LogP contribution in [0.4, 0.5) is 8.78 Å². The van der Waals surface area contributed by atoms with Crippen LogP contribution >= 0.6 is 11.3 Å². The van der Waals surface area contributed by atoms with Gasteiger partial charge >= 0.3 is 5.76 Å². The number of thiophene rings is 1. The molecule has 0 radical (unpaired) electrons. The molecule has 0 spiro atoms. The third kappa shape index (κ3) is 4.22. The second kappa shape index (κ2) is 7.65. The Kier molecular flexibility index (Phi) is 6.50. The van der Waals surface area contributed by atoms with Crippen molar-refractivity contribution in [3.05, 3.63) is 16.3 Å². The van der Waals surface area contributed by atoms with Crippen LogP contribution in [0, 0.1) is 0 Å². The number of hydrogen-bond acceptors (Lipinski definition) is 5. The summed E-state index contributed by atoms with van der Waals surface area (Å²) in [7, 11) is -4.75. The Labute approximate surface area is 120 Å². The molecule has 1 rings (SSSR count). The van der Waals surface area contributed by atoms with E-state index in [0.717, 1.165) is 30.4 Å². The second-order valence-electron chi connectivity index (χ2n) is 3.93. The quantitative estimate of drug-likeness (QED) is 0.710. The third-order valence-corrected chi connectivity index (χ3v) is 4.86. The lowest BCUT2D eigenvalue weighted by molar-refractivity contribution is 0.0955. The fourth-order valence-corrected chi connectivity index (χ4v) is 3.51. The number of rotatable bonds is 8. The molecule has 5 nitrogen and oxygen atoms in total. The first-order valence-corrected chi connectivity index (χ1v) is 8.42. The average Bonchev–Trinajstić information content (AvgIpc) is 2.88. The highest BCUT2D eigenvalue weighted by Crippen LogP contribution is 2.26. The minimum absolute atomic E-state index is 0.208. The zero-order valence-electron chi connectivity index (χ0n) is 10.9. The number of alkyl halides is 2. The Balaban J connectivity index is 2.69. The van der Waals surface area contributed by atoms with Crippen molar-refractivity contribution < 1.29 is 22.0 Å². The van der Waals surface area contributed by atoms with Crippen molar-refractivity contribution in [2.75, 3.05) is 19.6 Å². The van der Waals surface area contributed by atoms with E-state index < -0.39 is 26.4 Å². The standard InChI is InChI=1S/C11H16F2N2O3S2/c1-2-4-14-5-6-15-10(16)9-8(3-7-19-9)20(17,18)11(12)13/h3,7,11,14H,2,4-6H2,1H3,(H,15,16). The van der Waals surface area contributed by atoms with Gasteiger partial charge in [0.1, 0.15) is 4.88 Å². The van der Waals surface area contributed by atoms with Crippen molar-refractivity contribution >= 4 is 27.1 Å². The molecule has 1 aromatic rings. The molecule has 0 bridgehead atoms. The van der Waals surface area contributed by atoms with E-state index in [1.54, 1.807) is 0 Å². The zero-order valence-corrected chi connectivity index (χ0v) is 12.5. The molecule has 1 aromatic heterocycles. The summed E-state index contributed by atoms with van der Waals surface area (Å²) < 4.78 is 47.8. The summed E-state index contributed by atoms with van der Waals surface area (Å²) in [6.45, 7) is 3.63. The van der Waals surface area contributed by atoms with Gasteiger partial charge in [-0.15, -0.1) is 11.3 Å². The van der Waals surface area contributed by atoms with E-state index in [1.807, 2.05) is 6.92 Å². The molecule has 0 saturated carbocycles. The summed E-state index contributed by atoms with van der Waals surface area (Å²) in [5.74, 6) is -4.19. The number of halogens is 2. The molecule has 114 valence electrons. The number of carbonyl (C=O) groups excluding carboxylic acids is 1. The first-order chi connectivity index (χ1) is 9.41. The maximum absolute atomic E-state index is 12.5. The van der Waals surface area contributed by atoms with Gasteiger partial charge in [0.2, 0.25) is 9.84 Å². The highest BCUT2D eigenvalue weighted by molar-refractivity contribution is 7.92. The smallest absolute Gasteiger partial charge is 0.341 e. The van der Waals surface area contributed by atoms with Crippen LogP contribution in [-0.2, 0) is 9.84 Å². The van der Waals surface area contributed by atoms with Crippen LogP contribution < -0.4 is 10.6 Å². The molecule has 0 unspecified atom stereocenters. The van der Waals surface area contributed by atoms with Gasteiger partial charge in [0, 0.05) is 13.1 Å². The Hall–Kier alpha value is -1.06. The van der Waals surface area contributed by atoms with Crippen LogP contribution in [-0.4, -0.2) is 39.7 Å². The molecule has 2 N–H and O–H groups in total. The van der Waals surface area contributed by atoms with Crippen molar-refractivity contribution in [3.8, 4) is 0 Å². The van der Waals surface area contributed by atoms with Gasteiger partial charge < -0.3 is 10.6 Å². The molecule has 0 saturated heterocycles. The van der Waals surface area contributed by atoms with E-state index in [2.05, 4.69) is 10.6 Å². The molecule has 9 heteroatoms. The maximum atomic E-state index is 12.5. The van der Waals surface area contributed by atoms with E-state index in [9.17, 15) is 22.0 Å². The van der Waals surface area contributed by atoms with Gasteiger partial charge in [-0.1, -0.05) is 6.92 Å².